The number of nitrogens with one attached hydrogen (secondary N) is 1. The van der Waals surface area contributed by atoms with Gasteiger partial charge < -0.3 is 14.6 Å². The van der Waals surface area contributed by atoms with E-state index in [1.807, 2.05) is 25.1 Å². The molecule has 4 rings (SSSR count). The Hall–Kier alpha value is -3.17. The van der Waals surface area contributed by atoms with E-state index >= 15 is 0 Å². The third kappa shape index (κ3) is 5.03. The minimum absolute atomic E-state index is 0.0333. The lowest BCUT2D eigenvalue weighted by atomic mass is 9.94. The van der Waals surface area contributed by atoms with Crippen molar-refractivity contribution in [3.63, 3.8) is 0 Å². The summed E-state index contributed by atoms with van der Waals surface area (Å²) in [6.07, 6.45) is 2.52. The van der Waals surface area contributed by atoms with E-state index in [1.54, 1.807) is 29.9 Å². The first-order chi connectivity index (χ1) is 17.1. The number of ether oxygens (including phenoxy) is 1. The van der Waals surface area contributed by atoms with Gasteiger partial charge in [0.2, 0.25) is 15.5 Å². The number of pyridine rings is 1. The van der Waals surface area contributed by atoms with E-state index in [0.717, 1.165) is 12.0 Å². The van der Waals surface area contributed by atoms with Crippen LogP contribution in [-0.2, 0) is 23.1 Å². The molecule has 1 fully saturated rings. The van der Waals surface area contributed by atoms with Crippen LogP contribution in [0.3, 0.4) is 0 Å². The van der Waals surface area contributed by atoms with Gasteiger partial charge in [-0.15, -0.1) is 0 Å². The molecular formula is C27H33N3O5S. The minimum atomic E-state index is -3.77. The molecule has 1 aliphatic rings. The van der Waals surface area contributed by atoms with Crippen LogP contribution in [0.4, 0.5) is 0 Å². The maximum atomic E-state index is 13.5. The molecule has 8 nitrogen and oxygen atoms in total. The van der Waals surface area contributed by atoms with Crippen LogP contribution in [-0.4, -0.2) is 43.4 Å². The average molecular weight is 512 g/mol. The number of aromatic nitrogens is 1. The Balaban J connectivity index is 1.71. The van der Waals surface area contributed by atoms with E-state index in [0.29, 0.717) is 30.9 Å². The standard InChI is InChI=1S/C27H33N3O5S/c1-5-29-17-23(27(32)28-14-20-8-6-7-9-25(20)35-4)26(31)22-13-21(10-11-24(22)29)36(33,34)30-15-18(2)12-19(3)16-30/h6-11,13,17-19H,5,12,14-16H2,1-4H3,(H,28,32). The van der Waals surface area contributed by atoms with Gasteiger partial charge in [-0.1, -0.05) is 32.0 Å². The zero-order chi connectivity index (χ0) is 26.0. The van der Waals surface area contributed by atoms with Crippen LogP contribution < -0.4 is 15.5 Å². The van der Waals surface area contributed by atoms with E-state index in [1.165, 1.54) is 16.6 Å². The lowest BCUT2D eigenvalue weighted by molar-refractivity contribution is 0.0949. The Morgan fingerprint density at radius 2 is 1.81 bits per heavy atom. The van der Waals surface area contributed by atoms with Gasteiger partial charge in [0.15, 0.2) is 0 Å². The highest BCUT2D eigenvalue weighted by atomic mass is 32.2. The van der Waals surface area contributed by atoms with Gasteiger partial charge in [-0.05, 0) is 49.4 Å². The SMILES string of the molecule is CCn1cc(C(=O)NCc2ccccc2OC)c(=O)c2cc(S(=O)(=O)N3CC(C)CC(C)C3)ccc21. The van der Waals surface area contributed by atoms with Crippen molar-refractivity contribution in [2.75, 3.05) is 20.2 Å². The van der Waals surface area contributed by atoms with E-state index in [9.17, 15) is 18.0 Å². The van der Waals surface area contributed by atoms with E-state index in [-0.39, 0.29) is 34.2 Å². The van der Waals surface area contributed by atoms with Gasteiger partial charge in [0.1, 0.15) is 11.3 Å². The molecule has 1 amide bonds. The number of carbonyl (C=O) groups is 1. The molecule has 9 heteroatoms. The van der Waals surface area contributed by atoms with Gasteiger partial charge in [0.25, 0.3) is 5.91 Å². The number of nitrogens with zero attached hydrogens (tertiary/aromatic N) is 2. The van der Waals surface area contributed by atoms with Crippen molar-refractivity contribution in [2.24, 2.45) is 11.8 Å². The maximum absolute atomic E-state index is 13.5. The van der Waals surface area contributed by atoms with Crippen molar-refractivity contribution >= 4 is 26.8 Å². The lowest BCUT2D eigenvalue weighted by Gasteiger charge is -2.34. The Bertz CT molecular complexity index is 1440. The van der Waals surface area contributed by atoms with Crippen molar-refractivity contribution in [1.29, 1.82) is 0 Å². The summed E-state index contributed by atoms with van der Waals surface area (Å²) in [5.41, 5.74) is 0.838. The molecule has 1 aromatic heterocycles. The van der Waals surface area contributed by atoms with Crippen LogP contribution in [0.15, 0.2) is 58.4 Å². The van der Waals surface area contributed by atoms with Crippen molar-refractivity contribution in [3.05, 3.63) is 70.0 Å². The highest BCUT2D eigenvalue weighted by Crippen LogP contribution is 2.28. The Labute approximate surface area is 211 Å². The van der Waals surface area contributed by atoms with Crippen molar-refractivity contribution in [3.8, 4) is 5.75 Å². The molecule has 192 valence electrons. The molecule has 0 radical (unpaired) electrons. The zero-order valence-corrected chi connectivity index (χ0v) is 22.0. The zero-order valence-electron chi connectivity index (χ0n) is 21.2. The number of carbonyl (C=O) groups excluding carboxylic acids is 1. The third-order valence-corrected chi connectivity index (χ3v) is 8.57. The number of benzene rings is 2. The van der Waals surface area contributed by atoms with Gasteiger partial charge >= 0.3 is 0 Å². The summed E-state index contributed by atoms with van der Waals surface area (Å²) in [7, 11) is -2.22. The Morgan fingerprint density at radius 1 is 1.11 bits per heavy atom. The molecule has 2 heterocycles. The number of aryl methyl sites for hydroxylation is 1. The molecule has 0 saturated carbocycles. The van der Waals surface area contributed by atoms with E-state index < -0.39 is 21.4 Å². The molecule has 0 bridgehead atoms. The molecular weight excluding hydrogens is 478 g/mol. The summed E-state index contributed by atoms with van der Waals surface area (Å²) in [4.78, 5) is 26.6. The second-order valence-electron chi connectivity index (χ2n) is 9.60. The number of fused-ring (bicyclic) bond motifs is 1. The smallest absolute Gasteiger partial charge is 0.257 e. The first kappa shape index (κ1) is 25.9. The molecule has 3 aromatic rings. The number of hydrogen-bond donors (Lipinski definition) is 1. The van der Waals surface area contributed by atoms with Crippen LogP contribution in [0.1, 0.15) is 43.1 Å². The lowest BCUT2D eigenvalue weighted by Crippen LogP contribution is -2.42. The summed E-state index contributed by atoms with van der Waals surface area (Å²) >= 11 is 0. The van der Waals surface area contributed by atoms with E-state index in [4.69, 9.17) is 4.74 Å². The van der Waals surface area contributed by atoms with Crippen LogP contribution >= 0.6 is 0 Å². The molecule has 2 atom stereocenters. The summed E-state index contributed by atoms with van der Waals surface area (Å²) in [6.45, 7) is 7.61. The van der Waals surface area contributed by atoms with Crippen molar-refractivity contribution in [2.45, 2.75) is 45.2 Å². The number of amides is 1. The molecule has 1 aliphatic heterocycles. The first-order valence-corrected chi connectivity index (χ1v) is 13.7. The molecule has 36 heavy (non-hydrogen) atoms. The maximum Gasteiger partial charge on any atom is 0.257 e. The first-order valence-electron chi connectivity index (χ1n) is 12.2. The van der Waals surface area contributed by atoms with Crippen molar-refractivity contribution in [1.82, 2.24) is 14.2 Å². The summed E-state index contributed by atoms with van der Waals surface area (Å²) in [5.74, 6) is 0.639. The highest BCUT2D eigenvalue weighted by molar-refractivity contribution is 7.89. The average Bonchev–Trinajstić information content (AvgIpc) is 2.87. The van der Waals surface area contributed by atoms with Crippen LogP contribution in [0, 0.1) is 11.8 Å². The van der Waals surface area contributed by atoms with Gasteiger partial charge in [0, 0.05) is 43.3 Å². The quantitative estimate of drug-likeness (QED) is 0.523. The van der Waals surface area contributed by atoms with E-state index in [2.05, 4.69) is 19.2 Å². The van der Waals surface area contributed by atoms with Gasteiger partial charge in [-0.2, -0.15) is 4.31 Å². The highest BCUT2D eigenvalue weighted by Gasteiger charge is 2.32. The van der Waals surface area contributed by atoms with Crippen LogP contribution in [0.2, 0.25) is 0 Å². The predicted octanol–water partition coefficient (Wildman–Crippen LogP) is 3.63. The minimum Gasteiger partial charge on any atom is -0.496 e. The molecule has 2 unspecified atom stereocenters. The monoisotopic (exact) mass is 511 g/mol. The topological polar surface area (TPSA) is 97.7 Å². The number of piperidine rings is 1. The Kier molecular flexibility index (Phi) is 7.51. The van der Waals surface area contributed by atoms with Gasteiger partial charge in [-0.3, -0.25) is 9.59 Å². The number of methoxy groups -OCH3 is 1. The number of para-hydroxylation sites is 1. The predicted molar refractivity (Wildman–Crippen MR) is 140 cm³/mol. The molecule has 2 aromatic carbocycles. The number of hydrogen-bond acceptors (Lipinski definition) is 5. The second kappa shape index (κ2) is 10.4. The summed E-state index contributed by atoms with van der Waals surface area (Å²) in [5, 5.41) is 3.00. The molecule has 1 N–H and O–H groups in total. The molecule has 1 saturated heterocycles. The normalized spacial score (nSPS) is 18.8. The molecule has 0 spiro atoms. The van der Waals surface area contributed by atoms with Crippen molar-refractivity contribution < 1.29 is 17.9 Å². The fraction of sp³-hybridized carbons (Fsp3) is 0.407. The fourth-order valence-corrected chi connectivity index (χ4v) is 6.74. The molecule has 0 aliphatic carbocycles. The Morgan fingerprint density at radius 3 is 2.47 bits per heavy atom. The number of rotatable bonds is 7. The van der Waals surface area contributed by atoms with Gasteiger partial charge in [0.05, 0.1) is 17.5 Å². The summed E-state index contributed by atoms with van der Waals surface area (Å²) < 4.78 is 35.5. The largest absolute Gasteiger partial charge is 0.496 e. The summed E-state index contributed by atoms with van der Waals surface area (Å²) in [6, 6.07) is 11.9. The van der Waals surface area contributed by atoms with Crippen LogP contribution in [0.25, 0.3) is 10.9 Å². The van der Waals surface area contributed by atoms with Crippen LogP contribution in [0.5, 0.6) is 5.75 Å². The third-order valence-electron chi connectivity index (χ3n) is 6.74. The van der Waals surface area contributed by atoms with Gasteiger partial charge in [-0.25, -0.2) is 8.42 Å². The number of sulfonamides is 1. The second-order valence-corrected chi connectivity index (χ2v) is 11.5. The fourth-order valence-electron chi connectivity index (χ4n) is 5.03.